The van der Waals surface area contributed by atoms with Crippen LogP contribution in [0.3, 0.4) is 0 Å². The Balaban J connectivity index is 2.01. The number of ether oxygens (including phenoxy) is 1. The van der Waals surface area contributed by atoms with Crippen LogP contribution >= 0.6 is 0 Å². The standard InChI is InChI=1S/C18H23N3O2/c1-12-7-13(2)17(14(3)8-12)21-18(22)15(9-19)10-20-11-16-5-4-6-23-16/h7-8,10,16,20H,4-6,11H2,1-3H3,(H,21,22)/b15-10-. The average molecular weight is 313 g/mol. The third-order valence-electron chi connectivity index (χ3n) is 3.90. The van der Waals surface area contributed by atoms with Gasteiger partial charge < -0.3 is 15.4 Å². The van der Waals surface area contributed by atoms with Crippen LogP contribution in [0, 0.1) is 32.1 Å². The maximum atomic E-state index is 12.3. The van der Waals surface area contributed by atoms with E-state index in [9.17, 15) is 10.1 Å². The van der Waals surface area contributed by atoms with Crippen molar-refractivity contribution >= 4 is 11.6 Å². The fraction of sp³-hybridized carbons (Fsp3) is 0.444. The molecular formula is C18H23N3O2. The van der Waals surface area contributed by atoms with Crippen LogP contribution < -0.4 is 10.6 Å². The second kappa shape index (κ2) is 7.80. The number of hydrogen-bond acceptors (Lipinski definition) is 4. The molecule has 1 atom stereocenters. The highest BCUT2D eigenvalue weighted by molar-refractivity contribution is 6.07. The molecule has 23 heavy (non-hydrogen) atoms. The van der Waals surface area contributed by atoms with Crippen LogP contribution in [0.2, 0.25) is 0 Å². The highest BCUT2D eigenvalue weighted by Crippen LogP contribution is 2.22. The van der Waals surface area contributed by atoms with Gasteiger partial charge in [0, 0.05) is 25.0 Å². The summed E-state index contributed by atoms with van der Waals surface area (Å²) in [6, 6.07) is 5.96. The van der Waals surface area contributed by atoms with Gasteiger partial charge in [-0.1, -0.05) is 17.7 Å². The predicted octanol–water partition coefficient (Wildman–Crippen LogP) is 2.73. The van der Waals surface area contributed by atoms with Gasteiger partial charge in [-0.2, -0.15) is 5.26 Å². The number of rotatable bonds is 5. The number of hydrogen-bond donors (Lipinski definition) is 2. The van der Waals surface area contributed by atoms with Gasteiger partial charge in [0.05, 0.1) is 6.10 Å². The number of benzene rings is 1. The Hall–Kier alpha value is -2.32. The van der Waals surface area contributed by atoms with Crippen LogP contribution in [0.25, 0.3) is 0 Å². The number of carbonyl (C=O) groups excluding carboxylic acids is 1. The number of amides is 1. The molecule has 1 heterocycles. The summed E-state index contributed by atoms with van der Waals surface area (Å²) >= 11 is 0. The lowest BCUT2D eigenvalue weighted by atomic mass is 10.0. The molecule has 0 saturated carbocycles. The van der Waals surface area contributed by atoms with Gasteiger partial charge in [0.25, 0.3) is 5.91 Å². The quantitative estimate of drug-likeness (QED) is 0.647. The van der Waals surface area contributed by atoms with Crippen LogP contribution in [0.4, 0.5) is 5.69 Å². The number of anilines is 1. The molecule has 2 rings (SSSR count). The third-order valence-corrected chi connectivity index (χ3v) is 3.90. The number of carbonyl (C=O) groups is 1. The van der Waals surface area contributed by atoms with Gasteiger partial charge >= 0.3 is 0 Å². The van der Waals surface area contributed by atoms with Crippen molar-refractivity contribution in [3.05, 3.63) is 40.6 Å². The molecule has 1 unspecified atom stereocenters. The molecular weight excluding hydrogens is 290 g/mol. The molecule has 2 N–H and O–H groups in total. The lowest BCUT2D eigenvalue weighted by molar-refractivity contribution is -0.112. The van der Waals surface area contributed by atoms with Gasteiger partial charge in [-0.05, 0) is 44.7 Å². The summed E-state index contributed by atoms with van der Waals surface area (Å²) in [4.78, 5) is 12.3. The summed E-state index contributed by atoms with van der Waals surface area (Å²) in [5.74, 6) is -0.401. The second-order valence-electron chi connectivity index (χ2n) is 5.94. The Kier molecular flexibility index (Phi) is 5.78. The topological polar surface area (TPSA) is 74.2 Å². The predicted molar refractivity (Wildman–Crippen MR) is 90.0 cm³/mol. The van der Waals surface area contributed by atoms with Gasteiger partial charge in [-0.3, -0.25) is 4.79 Å². The first-order chi connectivity index (χ1) is 11.0. The van der Waals surface area contributed by atoms with E-state index in [1.807, 2.05) is 39.0 Å². The Morgan fingerprint density at radius 2 is 2.09 bits per heavy atom. The van der Waals surface area contributed by atoms with E-state index in [-0.39, 0.29) is 11.7 Å². The second-order valence-corrected chi connectivity index (χ2v) is 5.94. The monoisotopic (exact) mass is 313 g/mol. The molecule has 0 aliphatic carbocycles. The van der Waals surface area contributed by atoms with Crippen molar-refractivity contribution in [3.8, 4) is 6.07 Å². The molecule has 1 aromatic carbocycles. The summed E-state index contributed by atoms with van der Waals surface area (Å²) in [5.41, 5.74) is 3.94. The molecule has 5 heteroatoms. The zero-order chi connectivity index (χ0) is 16.8. The van der Waals surface area contributed by atoms with Crippen molar-refractivity contribution < 1.29 is 9.53 Å². The van der Waals surface area contributed by atoms with Gasteiger partial charge in [0.2, 0.25) is 0 Å². The van der Waals surface area contributed by atoms with E-state index in [0.29, 0.717) is 6.54 Å². The van der Waals surface area contributed by atoms with E-state index in [2.05, 4.69) is 10.6 Å². The van der Waals surface area contributed by atoms with Crippen LogP contribution in [0.15, 0.2) is 23.9 Å². The zero-order valence-corrected chi connectivity index (χ0v) is 13.9. The Morgan fingerprint density at radius 1 is 1.39 bits per heavy atom. The molecule has 0 aromatic heterocycles. The average Bonchev–Trinajstić information content (AvgIpc) is 3.00. The largest absolute Gasteiger partial charge is 0.387 e. The summed E-state index contributed by atoms with van der Waals surface area (Å²) < 4.78 is 5.49. The van der Waals surface area contributed by atoms with Crippen LogP contribution in [-0.4, -0.2) is 25.2 Å². The number of nitrogens with one attached hydrogen (secondary N) is 2. The van der Waals surface area contributed by atoms with Crippen LogP contribution in [0.1, 0.15) is 29.5 Å². The van der Waals surface area contributed by atoms with E-state index in [4.69, 9.17) is 4.74 Å². The lowest BCUT2D eigenvalue weighted by Gasteiger charge is -2.13. The minimum Gasteiger partial charge on any atom is -0.387 e. The van der Waals surface area contributed by atoms with Crippen molar-refractivity contribution in [1.29, 1.82) is 5.26 Å². The van der Waals surface area contributed by atoms with E-state index in [1.54, 1.807) is 0 Å². The van der Waals surface area contributed by atoms with Crippen LogP contribution in [-0.2, 0) is 9.53 Å². The van der Waals surface area contributed by atoms with Gasteiger partial charge in [-0.15, -0.1) is 0 Å². The lowest BCUT2D eigenvalue weighted by Crippen LogP contribution is -2.24. The van der Waals surface area contributed by atoms with E-state index < -0.39 is 5.91 Å². The maximum absolute atomic E-state index is 12.3. The highest BCUT2D eigenvalue weighted by atomic mass is 16.5. The number of nitrogens with zero attached hydrogens (tertiary/aromatic N) is 1. The van der Waals surface area contributed by atoms with E-state index >= 15 is 0 Å². The van der Waals surface area contributed by atoms with Crippen molar-refractivity contribution in [3.63, 3.8) is 0 Å². The molecule has 122 valence electrons. The molecule has 5 nitrogen and oxygen atoms in total. The maximum Gasteiger partial charge on any atom is 0.267 e. The third kappa shape index (κ3) is 4.57. The molecule has 1 aromatic rings. The van der Waals surface area contributed by atoms with Gasteiger partial charge in [0.1, 0.15) is 11.6 Å². The summed E-state index contributed by atoms with van der Waals surface area (Å²) in [7, 11) is 0. The fourth-order valence-corrected chi connectivity index (χ4v) is 2.80. The van der Waals surface area contributed by atoms with Gasteiger partial charge in [-0.25, -0.2) is 0 Å². The van der Waals surface area contributed by atoms with Crippen molar-refractivity contribution in [2.45, 2.75) is 39.7 Å². The molecule has 1 amide bonds. The SMILES string of the molecule is Cc1cc(C)c(NC(=O)/C(C#N)=C\NCC2CCCO2)c(C)c1. The molecule has 1 saturated heterocycles. The molecule has 0 spiro atoms. The minimum absolute atomic E-state index is 0.0578. The molecule has 1 aliphatic heterocycles. The van der Waals surface area contributed by atoms with Crippen molar-refractivity contribution in [2.24, 2.45) is 0 Å². The molecule has 1 fully saturated rings. The zero-order valence-electron chi connectivity index (χ0n) is 13.9. The summed E-state index contributed by atoms with van der Waals surface area (Å²) in [6.07, 6.45) is 3.70. The van der Waals surface area contributed by atoms with E-state index in [0.717, 1.165) is 41.8 Å². The summed E-state index contributed by atoms with van der Waals surface area (Å²) in [5, 5.41) is 15.0. The number of aryl methyl sites for hydroxylation is 3. The highest BCUT2D eigenvalue weighted by Gasteiger charge is 2.16. The van der Waals surface area contributed by atoms with Crippen molar-refractivity contribution in [1.82, 2.24) is 5.32 Å². The number of nitriles is 1. The Labute approximate surface area is 137 Å². The molecule has 0 radical (unpaired) electrons. The molecule has 1 aliphatic rings. The Bertz CT molecular complexity index is 630. The normalized spacial score (nSPS) is 17.7. The smallest absolute Gasteiger partial charge is 0.267 e. The van der Waals surface area contributed by atoms with E-state index in [1.165, 1.54) is 6.20 Å². The first kappa shape index (κ1) is 17.0. The van der Waals surface area contributed by atoms with Crippen molar-refractivity contribution in [2.75, 3.05) is 18.5 Å². The molecule has 0 bridgehead atoms. The minimum atomic E-state index is -0.401. The first-order valence-corrected chi connectivity index (χ1v) is 7.85. The fourth-order valence-electron chi connectivity index (χ4n) is 2.80. The van der Waals surface area contributed by atoms with Gasteiger partial charge in [0.15, 0.2) is 0 Å². The van der Waals surface area contributed by atoms with Crippen LogP contribution in [0.5, 0.6) is 0 Å². The Morgan fingerprint density at radius 3 is 2.65 bits per heavy atom. The first-order valence-electron chi connectivity index (χ1n) is 7.85. The summed E-state index contributed by atoms with van der Waals surface area (Å²) in [6.45, 7) is 7.30.